The molecule has 8 nitrogen and oxygen atoms in total. The molecule has 114 valence electrons. The first-order valence-electron chi connectivity index (χ1n) is 5.99. The van der Waals surface area contributed by atoms with E-state index in [0.717, 1.165) is 17.0 Å². The molecule has 2 aromatic rings. The highest BCUT2D eigenvalue weighted by Gasteiger charge is 2.29. The van der Waals surface area contributed by atoms with Gasteiger partial charge < -0.3 is 5.11 Å². The standard InChI is InChI=1S/C11H14N4O4S2/c1-5(2)7-4-20-11(12-7)15-21(18,19)9-6(3)13-14-8(9)10(16)17/h4-5H,1-3H3,(H,12,15)(H,13,14)(H,16,17). The zero-order valence-electron chi connectivity index (χ0n) is 11.5. The number of anilines is 1. The van der Waals surface area contributed by atoms with Crippen molar-refractivity contribution in [3.8, 4) is 0 Å². The Balaban J connectivity index is 2.38. The van der Waals surface area contributed by atoms with Crippen LogP contribution in [0.25, 0.3) is 0 Å². The number of carboxylic acid groups (broad SMARTS) is 1. The molecule has 10 heteroatoms. The number of rotatable bonds is 5. The van der Waals surface area contributed by atoms with Gasteiger partial charge in [0.25, 0.3) is 10.0 Å². The van der Waals surface area contributed by atoms with Gasteiger partial charge in [0.1, 0.15) is 4.90 Å². The Morgan fingerprint density at radius 2 is 2.14 bits per heavy atom. The Kier molecular flexibility index (Phi) is 4.01. The van der Waals surface area contributed by atoms with Gasteiger partial charge in [0.2, 0.25) is 0 Å². The Hall–Kier alpha value is -1.94. The van der Waals surface area contributed by atoms with Crippen molar-refractivity contribution < 1.29 is 18.3 Å². The first kappa shape index (κ1) is 15.4. The molecule has 0 radical (unpaired) electrons. The van der Waals surface area contributed by atoms with Crippen LogP contribution in [0.4, 0.5) is 5.13 Å². The molecule has 0 bridgehead atoms. The van der Waals surface area contributed by atoms with Crippen molar-refractivity contribution in [2.45, 2.75) is 31.6 Å². The first-order chi connectivity index (χ1) is 9.72. The molecule has 2 aromatic heterocycles. The van der Waals surface area contributed by atoms with Crippen LogP contribution in [0.3, 0.4) is 0 Å². The summed E-state index contributed by atoms with van der Waals surface area (Å²) in [4.78, 5) is 14.8. The van der Waals surface area contributed by atoms with Crippen molar-refractivity contribution in [2.24, 2.45) is 0 Å². The van der Waals surface area contributed by atoms with Crippen LogP contribution in [0, 0.1) is 6.92 Å². The van der Waals surface area contributed by atoms with Crippen molar-refractivity contribution in [3.05, 3.63) is 22.5 Å². The van der Waals surface area contributed by atoms with Gasteiger partial charge in [-0.2, -0.15) is 5.10 Å². The van der Waals surface area contributed by atoms with Gasteiger partial charge in [-0.3, -0.25) is 9.82 Å². The summed E-state index contributed by atoms with van der Waals surface area (Å²) < 4.78 is 26.9. The Bertz CT molecular complexity index is 776. The van der Waals surface area contributed by atoms with E-state index in [-0.39, 0.29) is 21.6 Å². The number of carbonyl (C=O) groups is 1. The summed E-state index contributed by atoms with van der Waals surface area (Å²) in [5.74, 6) is -1.24. The van der Waals surface area contributed by atoms with Crippen LogP contribution in [0.1, 0.15) is 41.6 Å². The predicted molar refractivity (Wildman–Crippen MR) is 77.3 cm³/mol. The molecule has 3 N–H and O–H groups in total. The molecule has 0 unspecified atom stereocenters. The summed E-state index contributed by atoms with van der Waals surface area (Å²) in [5, 5.41) is 16.8. The summed E-state index contributed by atoms with van der Waals surface area (Å²) in [5.41, 5.74) is 0.376. The smallest absolute Gasteiger partial charge is 0.357 e. The minimum absolute atomic E-state index is 0.153. The lowest BCUT2D eigenvalue weighted by molar-refractivity contribution is 0.0686. The molecule has 21 heavy (non-hydrogen) atoms. The van der Waals surface area contributed by atoms with E-state index in [2.05, 4.69) is 19.9 Å². The van der Waals surface area contributed by atoms with Crippen LogP contribution >= 0.6 is 11.3 Å². The molecule has 0 amide bonds. The summed E-state index contributed by atoms with van der Waals surface area (Å²) >= 11 is 1.14. The largest absolute Gasteiger partial charge is 0.476 e. The van der Waals surface area contributed by atoms with Gasteiger partial charge in [-0.25, -0.2) is 18.2 Å². The molecule has 0 aromatic carbocycles. The van der Waals surface area contributed by atoms with E-state index in [1.165, 1.54) is 6.92 Å². The second-order valence-electron chi connectivity index (χ2n) is 4.67. The third-order valence-electron chi connectivity index (χ3n) is 2.70. The number of hydrogen-bond acceptors (Lipinski definition) is 6. The van der Waals surface area contributed by atoms with Gasteiger partial charge >= 0.3 is 5.97 Å². The topological polar surface area (TPSA) is 125 Å². The summed E-state index contributed by atoms with van der Waals surface area (Å²) in [6, 6.07) is 0. The highest BCUT2D eigenvalue weighted by molar-refractivity contribution is 7.93. The van der Waals surface area contributed by atoms with E-state index in [9.17, 15) is 13.2 Å². The molecule has 0 atom stereocenters. The van der Waals surface area contributed by atoms with E-state index in [4.69, 9.17) is 5.11 Å². The van der Waals surface area contributed by atoms with Gasteiger partial charge in [0, 0.05) is 5.38 Å². The maximum atomic E-state index is 12.3. The van der Waals surface area contributed by atoms with E-state index in [1.807, 2.05) is 13.8 Å². The van der Waals surface area contributed by atoms with Crippen molar-refractivity contribution in [2.75, 3.05) is 4.72 Å². The van der Waals surface area contributed by atoms with Gasteiger partial charge in [0.05, 0.1) is 11.4 Å². The highest BCUT2D eigenvalue weighted by atomic mass is 32.2. The fourth-order valence-corrected chi connectivity index (χ4v) is 4.11. The van der Waals surface area contributed by atoms with Gasteiger partial charge in [-0.05, 0) is 12.8 Å². The minimum Gasteiger partial charge on any atom is -0.476 e. The number of aromatic carboxylic acids is 1. The Morgan fingerprint density at radius 1 is 1.48 bits per heavy atom. The summed E-state index contributed by atoms with van der Waals surface area (Å²) in [6.45, 7) is 5.32. The van der Waals surface area contributed by atoms with E-state index in [1.54, 1.807) is 5.38 Å². The number of carboxylic acids is 1. The van der Waals surface area contributed by atoms with Crippen LogP contribution < -0.4 is 4.72 Å². The van der Waals surface area contributed by atoms with Crippen molar-refractivity contribution >= 4 is 32.5 Å². The first-order valence-corrected chi connectivity index (χ1v) is 8.35. The minimum atomic E-state index is -4.07. The highest BCUT2D eigenvalue weighted by Crippen LogP contribution is 2.25. The number of H-pyrrole nitrogens is 1. The maximum absolute atomic E-state index is 12.3. The van der Waals surface area contributed by atoms with Crippen LogP contribution in [0.15, 0.2) is 10.3 Å². The second kappa shape index (κ2) is 5.45. The molecule has 2 heterocycles. The van der Waals surface area contributed by atoms with E-state index >= 15 is 0 Å². The van der Waals surface area contributed by atoms with Crippen molar-refractivity contribution in [1.82, 2.24) is 15.2 Å². The molecular weight excluding hydrogens is 316 g/mol. The molecule has 0 saturated carbocycles. The Morgan fingerprint density at radius 3 is 2.67 bits per heavy atom. The molecule has 0 aliphatic carbocycles. The quantitative estimate of drug-likeness (QED) is 0.767. The fourth-order valence-electron chi connectivity index (χ4n) is 1.66. The number of thiazole rings is 1. The summed E-state index contributed by atoms with van der Waals surface area (Å²) in [7, 11) is -4.07. The Labute approximate surface area is 125 Å². The van der Waals surface area contributed by atoms with Crippen LogP contribution in [-0.4, -0.2) is 34.7 Å². The lowest BCUT2D eigenvalue weighted by Gasteiger charge is -2.05. The van der Waals surface area contributed by atoms with Crippen molar-refractivity contribution in [3.63, 3.8) is 0 Å². The number of aryl methyl sites for hydroxylation is 1. The third-order valence-corrected chi connectivity index (χ3v) is 5.10. The van der Waals surface area contributed by atoms with Crippen molar-refractivity contribution in [1.29, 1.82) is 0 Å². The normalized spacial score (nSPS) is 11.8. The average Bonchev–Trinajstić information content (AvgIpc) is 2.95. The molecule has 0 fully saturated rings. The lowest BCUT2D eigenvalue weighted by Crippen LogP contribution is -2.17. The van der Waals surface area contributed by atoms with Gasteiger partial charge in [-0.1, -0.05) is 13.8 Å². The molecule has 0 aliphatic heterocycles. The van der Waals surface area contributed by atoms with Gasteiger partial charge in [0.15, 0.2) is 10.8 Å². The van der Waals surface area contributed by atoms with Crippen LogP contribution in [0.2, 0.25) is 0 Å². The molecule has 0 spiro atoms. The van der Waals surface area contributed by atoms with Crippen LogP contribution in [-0.2, 0) is 10.0 Å². The zero-order chi connectivity index (χ0) is 15.8. The SMILES string of the molecule is Cc1[nH]nc(C(=O)O)c1S(=O)(=O)Nc1nc(C(C)C)cs1. The average molecular weight is 330 g/mol. The third kappa shape index (κ3) is 3.05. The second-order valence-corrected chi connectivity index (χ2v) is 7.15. The van der Waals surface area contributed by atoms with Gasteiger partial charge in [-0.15, -0.1) is 11.3 Å². The number of aromatic nitrogens is 3. The molecule has 0 saturated heterocycles. The van der Waals surface area contributed by atoms with Crippen LogP contribution in [0.5, 0.6) is 0 Å². The van der Waals surface area contributed by atoms with E-state index < -0.39 is 21.7 Å². The number of sulfonamides is 1. The molecule has 0 aliphatic rings. The maximum Gasteiger partial charge on any atom is 0.357 e. The molecule has 2 rings (SSSR count). The lowest BCUT2D eigenvalue weighted by atomic mass is 10.2. The number of aromatic amines is 1. The monoisotopic (exact) mass is 330 g/mol. The summed E-state index contributed by atoms with van der Waals surface area (Å²) in [6.07, 6.45) is 0. The number of hydrogen-bond donors (Lipinski definition) is 3. The zero-order valence-corrected chi connectivity index (χ0v) is 13.2. The number of nitrogens with one attached hydrogen (secondary N) is 2. The molecular formula is C11H14N4O4S2. The predicted octanol–water partition coefficient (Wildman–Crippen LogP) is 1.80. The number of nitrogens with zero attached hydrogens (tertiary/aromatic N) is 2. The fraction of sp³-hybridized carbons (Fsp3) is 0.364. The van der Waals surface area contributed by atoms with E-state index in [0.29, 0.717) is 0 Å².